The van der Waals surface area contributed by atoms with Crippen LogP contribution >= 0.6 is 11.6 Å². The Bertz CT molecular complexity index is 1010. The van der Waals surface area contributed by atoms with E-state index in [1.54, 1.807) is 43.3 Å². The van der Waals surface area contributed by atoms with Crippen LogP contribution in [0.5, 0.6) is 0 Å². The predicted molar refractivity (Wildman–Crippen MR) is 112 cm³/mol. The van der Waals surface area contributed by atoms with Crippen LogP contribution in [0.4, 0.5) is 17.1 Å². The Kier molecular flexibility index (Phi) is 6.69. The predicted octanol–water partition coefficient (Wildman–Crippen LogP) is 3.40. The van der Waals surface area contributed by atoms with Gasteiger partial charge in [-0.3, -0.25) is 13.9 Å². The largest absolute Gasteiger partial charge is 0.326 e. The summed E-state index contributed by atoms with van der Waals surface area (Å²) in [5.41, 5.74) is 1.95. The van der Waals surface area contributed by atoms with E-state index in [-0.39, 0.29) is 5.91 Å². The van der Waals surface area contributed by atoms with E-state index in [2.05, 4.69) is 10.6 Å². The van der Waals surface area contributed by atoms with Crippen molar-refractivity contribution in [1.82, 2.24) is 0 Å². The first-order valence-corrected chi connectivity index (χ1v) is 10.7. The van der Waals surface area contributed by atoms with E-state index < -0.39 is 22.0 Å². The van der Waals surface area contributed by atoms with E-state index in [0.717, 1.165) is 10.6 Å². The molecule has 0 spiro atoms. The fourth-order valence-corrected chi connectivity index (χ4v) is 4.12. The SMILES string of the molecule is CC(=O)Nc1cccc(NC(=O)[C@@H](C)N(c2cc(Cl)ccc2C)S(C)(=O)=O)c1. The molecule has 150 valence electrons. The van der Waals surface area contributed by atoms with Crippen molar-refractivity contribution >= 4 is 50.5 Å². The number of rotatable bonds is 6. The third kappa shape index (κ3) is 5.46. The van der Waals surface area contributed by atoms with Crippen molar-refractivity contribution < 1.29 is 18.0 Å². The molecule has 0 radical (unpaired) electrons. The summed E-state index contributed by atoms with van der Waals surface area (Å²) in [7, 11) is -3.76. The lowest BCUT2D eigenvalue weighted by molar-refractivity contribution is -0.117. The van der Waals surface area contributed by atoms with Gasteiger partial charge in [0.15, 0.2) is 0 Å². The monoisotopic (exact) mass is 423 g/mol. The summed E-state index contributed by atoms with van der Waals surface area (Å²) in [5, 5.41) is 5.67. The molecule has 0 bridgehead atoms. The number of nitrogens with one attached hydrogen (secondary N) is 2. The molecule has 0 heterocycles. The smallest absolute Gasteiger partial charge is 0.247 e. The maximum atomic E-state index is 12.8. The standard InChI is InChI=1S/C19H22ClN3O4S/c1-12-8-9-15(20)10-18(12)23(28(4,26)27)13(2)19(25)22-17-7-5-6-16(11-17)21-14(3)24/h5-11,13H,1-4H3,(H,21,24)(H,22,25)/t13-/m1/s1. The molecule has 2 amide bonds. The van der Waals surface area contributed by atoms with Crippen molar-refractivity contribution in [2.75, 3.05) is 21.2 Å². The average Bonchev–Trinajstić information content (AvgIpc) is 2.56. The lowest BCUT2D eigenvalue weighted by Gasteiger charge is -2.29. The van der Waals surface area contributed by atoms with Gasteiger partial charge in [-0.2, -0.15) is 0 Å². The Balaban J connectivity index is 2.32. The Labute approximate surface area is 169 Å². The number of benzene rings is 2. The van der Waals surface area contributed by atoms with Crippen molar-refractivity contribution in [3.63, 3.8) is 0 Å². The maximum Gasteiger partial charge on any atom is 0.247 e. The molecular formula is C19H22ClN3O4S. The number of hydrogen-bond donors (Lipinski definition) is 2. The van der Waals surface area contributed by atoms with Gasteiger partial charge < -0.3 is 10.6 Å². The molecule has 1 atom stereocenters. The van der Waals surface area contributed by atoms with Gasteiger partial charge in [0.2, 0.25) is 21.8 Å². The van der Waals surface area contributed by atoms with Crippen LogP contribution in [-0.4, -0.2) is 32.5 Å². The molecule has 2 aromatic rings. The van der Waals surface area contributed by atoms with Gasteiger partial charge in [-0.15, -0.1) is 0 Å². The number of anilines is 3. The minimum atomic E-state index is -3.76. The number of aryl methyl sites for hydroxylation is 1. The Morgan fingerprint density at radius 1 is 1.07 bits per heavy atom. The molecule has 2 rings (SSSR count). The van der Waals surface area contributed by atoms with Crippen molar-refractivity contribution in [2.45, 2.75) is 26.8 Å². The molecule has 28 heavy (non-hydrogen) atoms. The van der Waals surface area contributed by atoms with Crippen LogP contribution in [0.2, 0.25) is 5.02 Å². The molecule has 0 unspecified atom stereocenters. The molecule has 0 fully saturated rings. The third-order valence-corrected chi connectivity index (χ3v) is 5.41. The first kappa shape index (κ1) is 21.7. The first-order valence-electron chi connectivity index (χ1n) is 8.43. The number of nitrogens with zero attached hydrogens (tertiary/aromatic N) is 1. The normalized spacial score (nSPS) is 12.2. The summed E-state index contributed by atoms with van der Waals surface area (Å²) in [6.07, 6.45) is 1.04. The number of carbonyl (C=O) groups is 2. The second kappa shape index (κ2) is 8.62. The molecular weight excluding hydrogens is 402 g/mol. The van der Waals surface area contributed by atoms with Gasteiger partial charge in [0.1, 0.15) is 6.04 Å². The van der Waals surface area contributed by atoms with Gasteiger partial charge in [-0.1, -0.05) is 23.7 Å². The molecule has 2 aromatic carbocycles. The highest BCUT2D eigenvalue weighted by molar-refractivity contribution is 7.92. The first-order chi connectivity index (χ1) is 13.0. The lowest BCUT2D eigenvalue weighted by Crippen LogP contribution is -2.45. The van der Waals surface area contributed by atoms with Gasteiger partial charge in [0.05, 0.1) is 11.9 Å². The summed E-state index contributed by atoms with van der Waals surface area (Å²) >= 11 is 6.03. The Morgan fingerprint density at radius 2 is 1.68 bits per heavy atom. The number of amides is 2. The molecule has 7 nitrogen and oxygen atoms in total. The number of halogens is 1. The second-order valence-corrected chi connectivity index (χ2v) is 8.71. The van der Waals surface area contributed by atoms with E-state index in [9.17, 15) is 18.0 Å². The van der Waals surface area contributed by atoms with Crippen LogP contribution in [-0.2, 0) is 19.6 Å². The summed E-state index contributed by atoms with van der Waals surface area (Å²) < 4.78 is 25.9. The Morgan fingerprint density at radius 3 is 2.25 bits per heavy atom. The van der Waals surface area contributed by atoms with Crippen molar-refractivity contribution in [1.29, 1.82) is 0 Å². The van der Waals surface area contributed by atoms with Gasteiger partial charge in [0, 0.05) is 23.3 Å². The van der Waals surface area contributed by atoms with Crippen LogP contribution < -0.4 is 14.9 Å². The van der Waals surface area contributed by atoms with Crippen molar-refractivity contribution in [2.24, 2.45) is 0 Å². The molecule has 0 saturated heterocycles. The summed E-state index contributed by atoms with van der Waals surface area (Å²) in [6.45, 7) is 4.62. The van der Waals surface area contributed by atoms with Gasteiger partial charge >= 0.3 is 0 Å². The topological polar surface area (TPSA) is 95.6 Å². The molecule has 0 aliphatic heterocycles. The van der Waals surface area contributed by atoms with E-state index in [0.29, 0.717) is 27.6 Å². The van der Waals surface area contributed by atoms with Crippen molar-refractivity contribution in [3.05, 3.63) is 53.1 Å². The minimum Gasteiger partial charge on any atom is -0.326 e. The lowest BCUT2D eigenvalue weighted by atomic mass is 10.1. The second-order valence-electron chi connectivity index (χ2n) is 6.42. The molecule has 0 aromatic heterocycles. The number of sulfonamides is 1. The van der Waals surface area contributed by atoms with Gasteiger partial charge in [-0.25, -0.2) is 8.42 Å². The minimum absolute atomic E-state index is 0.239. The zero-order chi connectivity index (χ0) is 21.1. The maximum absolute atomic E-state index is 12.8. The van der Waals surface area contributed by atoms with Crippen LogP contribution in [0.25, 0.3) is 0 Å². The molecule has 0 aliphatic carbocycles. The number of carbonyl (C=O) groups excluding carboxylic acids is 2. The van der Waals surface area contributed by atoms with Gasteiger partial charge in [-0.05, 0) is 49.7 Å². The van der Waals surface area contributed by atoms with Crippen LogP contribution in [0.15, 0.2) is 42.5 Å². The average molecular weight is 424 g/mol. The van der Waals surface area contributed by atoms with Gasteiger partial charge in [0.25, 0.3) is 0 Å². The molecule has 2 N–H and O–H groups in total. The highest BCUT2D eigenvalue weighted by Gasteiger charge is 2.30. The fourth-order valence-electron chi connectivity index (χ4n) is 2.73. The van der Waals surface area contributed by atoms with E-state index >= 15 is 0 Å². The van der Waals surface area contributed by atoms with E-state index in [1.807, 2.05) is 0 Å². The van der Waals surface area contributed by atoms with Crippen LogP contribution in [0.3, 0.4) is 0 Å². The van der Waals surface area contributed by atoms with E-state index in [4.69, 9.17) is 11.6 Å². The highest BCUT2D eigenvalue weighted by atomic mass is 35.5. The van der Waals surface area contributed by atoms with Crippen LogP contribution in [0, 0.1) is 6.92 Å². The van der Waals surface area contributed by atoms with Crippen molar-refractivity contribution in [3.8, 4) is 0 Å². The summed E-state index contributed by atoms with van der Waals surface area (Å²) in [6, 6.07) is 10.4. The molecule has 0 saturated carbocycles. The van der Waals surface area contributed by atoms with Crippen LogP contribution in [0.1, 0.15) is 19.4 Å². The zero-order valence-corrected chi connectivity index (χ0v) is 17.6. The summed E-state index contributed by atoms with van der Waals surface area (Å²) in [4.78, 5) is 24.0. The Hall–Kier alpha value is -2.58. The number of hydrogen-bond acceptors (Lipinski definition) is 4. The zero-order valence-electron chi connectivity index (χ0n) is 16.0. The molecule has 9 heteroatoms. The summed E-state index contributed by atoms with van der Waals surface area (Å²) in [5.74, 6) is -0.763. The fraction of sp³-hybridized carbons (Fsp3) is 0.263. The molecule has 0 aliphatic rings. The van der Waals surface area contributed by atoms with E-state index in [1.165, 1.54) is 19.9 Å². The highest BCUT2D eigenvalue weighted by Crippen LogP contribution is 2.28. The quantitative estimate of drug-likeness (QED) is 0.744. The third-order valence-electron chi connectivity index (χ3n) is 3.95.